The zero-order chi connectivity index (χ0) is 18.2. The van der Waals surface area contributed by atoms with Gasteiger partial charge < -0.3 is 10.4 Å². The fourth-order valence-corrected chi connectivity index (χ4v) is 3.97. The van der Waals surface area contributed by atoms with E-state index in [0.717, 1.165) is 4.90 Å². The Kier molecular flexibility index (Phi) is 7.40. The summed E-state index contributed by atoms with van der Waals surface area (Å²) < 4.78 is 0. The molecular formula is C19H21NO3S2. The van der Waals surface area contributed by atoms with Crippen LogP contribution in [-0.2, 0) is 4.79 Å². The molecule has 0 aliphatic heterocycles. The van der Waals surface area contributed by atoms with Crippen LogP contribution in [0.3, 0.4) is 0 Å². The predicted octanol–water partition coefficient (Wildman–Crippen LogP) is 4.16. The van der Waals surface area contributed by atoms with E-state index in [2.05, 4.69) is 12.2 Å². The molecule has 132 valence electrons. The first-order chi connectivity index (χ1) is 12.0. The van der Waals surface area contributed by atoms with E-state index in [1.165, 1.54) is 11.8 Å². The maximum Gasteiger partial charge on any atom is 0.316 e. The average molecular weight is 376 g/mol. The van der Waals surface area contributed by atoms with Crippen molar-refractivity contribution in [1.29, 1.82) is 0 Å². The summed E-state index contributed by atoms with van der Waals surface area (Å²) in [6, 6.07) is 17.1. The lowest BCUT2D eigenvalue weighted by Gasteiger charge is -2.14. The zero-order valence-corrected chi connectivity index (χ0v) is 15.8. The second-order valence-corrected chi connectivity index (χ2v) is 8.44. The second kappa shape index (κ2) is 9.53. The Morgan fingerprint density at radius 3 is 2.32 bits per heavy atom. The van der Waals surface area contributed by atoms with Crippen LogP contribution in [0.15, 0.2) is 64.4 Å². The predicted molar refractivity (Wildman–Crippen MR) is 103 cm³/mol. The number of hydrogen-bond acceptors (Lipinski definition) is 4. The molecule has 0 saturated heterocycles. The Bertz CT molecular complexity index is 722. The SMILES string of the molecule is CC(CNC(=O)c1ccccc1SC(C)C(=O)O)Sc1ccccc1. The van der Waals surface area contributed by atoms with Gasteiger partial charge in [0.2, 0.25) is 0 Å². The molecule has 4 nitrogen and oxygen atoms in total. The Labute approximate surface area is 156 Å². The highest BCUT2D eigenvalue weighted by Crippen LogP contribution is 2.27. The lowest BCUT2D eigenvalue weighted by atomic mass is 10.2. The topological polar surface area (TPSA) is 66.4 Å². The highest BCUT2D eigenvalue weighted by atomic mass is 32.2. The molecule has 2 rings (SSSR count). The number of thioether (sulfide) groups is 2. The number of aliphatic carboxylic acids is 1. The van der Waals surface area contributed by atoms with E-state index in [1.807, 2.05) is 36.4 Å². The smallest absolute Gasteiger partial charge is 0.316 e. The van der Waals surface area contributed by atoms with E-state index >= 15 is 0 Å². The van der Waals surface area contributed by atoms with Gasteiger partial charge in [0.05, 0.1) is 5.56 Å². The average Bonchev–Trinajstić information content (AvgIpc) is 2.61. The maximum absolute atomic E-state index is 12.5. The minimum Gasteiger partial charge on any atom is -0.480 e. The minimum absolute atomic E-state index is 0.179. The summed E-state index contributed by atoms with van der Waals surface area (Å²) in [6.07, 6.45) is 0. The molecule has 6 heteroatoms. The van der Waals surface area contributed by atoms with Crippen molar-refractivity contribution >= 4 is 35.4 Å². The highest BCUT2D eigenvalue weighted by Gasteiger charge is 2.18. The molecule has 2 atom stereocenters. The molecule has 0 radical (unpaired) electrons. The Morgan fingerprint density at radius 2 is 1.64 bits per heavy atom. The first-order valence-electron chi connectivity index (χ1n) is 7.95. The highest BCUT2D eigenvalue weighted by molar-refractivity contribution is 8.00. The first-order valence-corrected chi connectivity index (χ1v) is 9.71. The van der Waals surface area contributed by atoms with Crippen molar-refractivity contribution in [2.75, 3.05) is 6.54 Å². The van der Waals surface area contributed by atoms with Gasteiger partial charge in [-0.05, 0) is 31.2 Å². The van der Waals surface area contributed by atoms with Crippen LogP contribution in [0, 0.1) is 0 Å². The summed E-state index contributed by atoms with van der Waals surface area (Å²) >= 11 is 2.88. The monoisotopic (exact) mass is 375 g/mol. The van der Waals surface area contributed by atoms with E-state index < -0.39 is 11.2 Å². The maximum atomic E-state index is 12.5. The Hall–Kier alpha value is -1.92. The van der Waals surface area contributed by atoms with Crippen molar-refractivity contribution in [3.05, 3.63) is 60.2 Å². The van der Waals surface area contributed by atoms with Gasteiger partial charge in [0.25, 0.3) is 5.91 Å². The lowest BCUT2D eigenvalue weighted by molar-refractivity contribution is -0.136. The summed E-state index contributed by atoms with van der Waals surface area (Å²) in [5.74, 6) is -1.07. The quantitative estimate of drug-likeness (QED) is 0.678. The number of hydrogen-bond donors (Lipinski definition) is 2. The van der Waals surface area contributed by atoms with E-state index in [9.17, 15) is 9.59 Å². The van der Waals surface area contributed by atoms with Crippen LogP contribution < -0.4 is 5.32 Å². The minimum atomic E-state index is -0.895. The molecule has 25 heavy (non-hydrogen) atoms. The van der Waals surface area contributed by atoms with Gasteiger partial charge in [-0.25, -0.2) is 0 Å². The molecule has 0 aliphatic carbocycles. The standard InChI is InChI=1S/C19H21NO3S2/c1-13(24-15-8-4-3-5-9-15)12-20-18(21)16-10-6-7-11-17(16)25-14(2)19(22)23/h3-11,13-14H,12H2,1-2H3,(H,20,21)(H,22,23). The third-order valence-electron chi connectivity index (χ3n) is 3.41. The molecule has 0 fully saturated rings. The number of carbonyl (C=O) groups excluding carboxylic acids is 1. The number of amides is 1. The molecule has 2 aromatic rings. The van der Waals surface area contributed by atoms with Crippen molar-refractivity contribution in [2.45, 2.75) is 34.1 Å². The largest absolute Gasteiger partial charge is 0.480 e. The summed E-state index contributed by atoms with van der Waals surface area (Å²) in [7, 11) is 0. The molecule has 0 spiro atoms. The van der Waals surface area contributed by atoms with Crippen molar-refractivity contribution in [1.82, 2.24) is 5.32 Å². The molecule has 2 aromatic carbocycles. The van der Waals surface area contributed by atoms with Gasteiger partial charge in [0.1, 0.15) is 5.25 Å². The normalized spacial score (nSPS) is 13.0. The molecule has 0 saturated carbocycles. The Morgan fingerprint density at radius 1 is 1.00 bits per heavy atom. The molecule has 0 heterocycles. The van der Waals surface area contributed by atoms with Crippen molar-refractivity contribution in [3.63, 3.8) is 0 Å². The van der Waals surface area contributed by atoms with Gasteiger partial charge in [-0.15, -0.1) is 23.5 Å². The van der Waals surface area contributed by atoms with E-state index in [1.54, 1.807) is 36.9 Å². The fourth-order valence-electron chi connectivity index (χ4n) is 2.10. The van der Waals surface area contributed by atoms with Gasteiger partial charge in [-0.1, -0.05) is 37.3 Å². The number of rotatable bonds is 8. The summed E-state index contributed by atoms with van der Waals surface area (Å²) in [5, 5.41) is 11.6. The summed E-state index contributed by atoms with van der Waals surface area (Å²) in [4.78, 5) is 25.4. The van der Waals surface area contributed by atoms with E-state index in [4.69, 9.17) is 5.11 Å². The molecule has 0 bridgehead atoms. The van der Waals surface area contributed by atoms with Crippen LogP contribution in [0.5, 0.6) is 0 Å². The van der Waals surface area contributed by atoms with Crippen LogP contribution in [0.2, 0.25) is 0 Å². The van der Waals surface area contributed by atoms with Gasteiger partial charge in [0, 0.05) is 21.6 Å². The van der Waals surface area contributed by atoms with E-state index in [-0.39, 0.29) is 11.2 Å². The van der Waals surface area contributed by atoms with Gasteiger partial charge >= 0.3 is 5.97 Å². The summed E-state index contributed by atoms with van der Waals surface area (Å²) in [5.41, 5.74) is 0.512. The lowest BCUT2D eigenvalue weighted by Crippen LogP contribution is -2.30. The van der Waals surface area contributed by atoms with Crippen molar-refractivity contribution < 1.29 is 14.7 Å². The van der Waals surface area contributed by atoms with Crippen molar-refractivity contribution in [3.8, 4) is 0 Å². The van der Waals surface area contributed by atoms with Gasteiger partial charge in [-0.2, -0.15) is 0 Å². The van der Waals surface area contributed by atoms with Gasteiger partial charge in [0.15, 0.2) is 0 Å². The number of benzene rings is 2. The number of carbonyl (C=O) groups is 2. The molecule has 0 aliphatic rings. The van der Waals surface area contributed by atoms with E-state index in [0.29, 0.717) is 17.0 Å². The van der Waals surface area contributed by atoms with Crippen LogP contribution in [0.1, 0.15) is 24.2 Å². The molecule has 1 amide bonds. The van der Waals surface area contributed by atoms with Gasteiger partial charge in [-0.3, -0.25) is 9.59 Å². The van der Waals surface area contributed by atoms with Crippen LogP contribution >= 0.6 is 23.5 Å². The second-order valence-electron chi connectivity index (χ2n) is 5.55. The molecule has 2 N–H and O–H groups in total. The van der Waals surface area contributed by atoms with Crippen LogP contribution in [-0.4, -0.2) is 34.0 Å². The third kappa shape index (κ3) is 6.14. The molecule has 0 aromatic heterocycles. The Balaban J connectivity index is 1.95. The van der Waals surface area contributed by atoms with Crippen molar-refractivity contribution in [2.24, 2.45) is 0 Å². The zero-order valence-electron chi connectivity index (χ0n) is 14.1. The number of nitrogens with one attached hydrogen (secondary N) is 1. The van der Waals surface area contributed by atoms with Crippen LogP contribution in [0.4, 0.5) is 0 Å². The summed E-state index contributed by atoms with van der Waals surface area (Å²) in [6.45, 7) is 4.21. The number of carboxylic acids is 1. The third-order valence-corrected chi connectivity index (χ3v) is 5.69. The number of carboxylic acid groups (broad SMARTS) is 1. The first kappa shape index (κ1) is 19.4. The molecule has 2 unspecified atom stereocenters. The van der Waals surface area contributed by atoms with Crippen LogP contribution in [0.25, 0.3) is 0 Å². The molecular weight excluding hydrogens is 354 g/mol. The fraction of sp³-hybridized carbons (Fsp3) is 0.263.